The van der Waals surface area contributed by atoms with Gasteiger partial charge in [0.2, 0.25) is 0 Å². The van der Waals surface area contributed by atoms with E-state index in [0.717, 1.165) is 38.2 Å². The predicted molar refractivity (Wildman–Crippen MR) is 164 cm³/mol. The highest BCUT2D eigenvalue weighted by molar-refractivity contribution is 7.90. The van der Waals surface area contributed by atoms with E-state index >= 15 is 0 Å². The molecule has 0 aliphatic heterocycles. The quantitative estimate of drug-likeness (QED) is 0.294. The van der Waals surface area contributed by atoms with Crippen LogP contribution in [0.25, 0.3) is 35.6 Å². The molecular weight excluding hydrogens is 555 g/mol. The van der Waals surface area contributed by atoms with Gasteiger partial charge in [0.05, 0.1) is 14.1 Å². The first-order chi connectivity index (χ1) is 19.7. The number of hydrogen-bond acceptors (Lipinski definition) is 6. The molecule has 0 bridgehead atoms. The molecule has 7 nitrogen and oxygen atoms in total. The monoisotopic (exact) mass is 579 g/mol. The number of pyridine rings is 1. The second-order valence-electron chi connectivity index (χ2n) is 9.20. The Morgan fingerprint density at radius 2 is 1.61 bits per heavy atom. The average molecular weight is 580 g/mol. The van der Waals surface area contributed by atoms with Gasteiger partial charge in [0.1, 0.15) is 5.70 Å². The van der Waals surface area contributed by atoms with Crippen molar-refractivity contribution in [1.82, 2.24) is 14.3 Å². The van der Waals surface area contributed by atoms with Gasteiger partial charge >= 0.3 is 0 Å². The molecule has 204 valence electrons. The number of hydrogen-bond donors (Lipinski definition) is 1. The number of benzene rings is 3. The Morgan fingerprint density at radius 3 is 2.27 bits per heavy atom. The van der Waals surface area contributed by atoms with E-state index in [-0.39, 0.29) is 15.3 Å². The van der Waals surface area contributed by atoms with Crippen molar-refractivity contribution in [2.24, 2.45) is 0 Å². The van der Waals surface area contributed by atoms with Crippen molar-refractivity contribution in [2.75, 3.05) is 0 Å². The summed E-state index contributed by atoms with van der Waals surface area (Å²) in [7, 11) is -4.20. The highest BCUT2D eigenvalue weighted by Gasteiger charge is 2.23. The summed E-state index contributed by atoms with van der Waals surface area (Å²) in [6, 6.07) is 26.5. The van der Waals surface area contributed by atoms with E-state index in [4.69, 9.17) is 0 Å². The second-order valence-corrected chi connectivity index (χ2v) is 12.0. The van der Waals surface area contributed by atoms with Crippen LogP contribution in [0.1, 0.15) is 16.7 Å². The van der Waals surface area contributed by atoms with Crippen molar-refractivity contribution in [1.29, 1.82) is 0 Å². The topological polar surface area (TPSA) is 98.1 Å². The SMILES string of the molecule is C=c1s/c(=C\c2ccc(-c3cccnc3)cc2)c(=O)n1/C(=C/c1ccccc1)C(=O)NS(=O)(=O)c1ccc(C)cc1. The van der Waals surface area contributed by atoms with E-state index in [0.29, 0.717) is 10.1 Å². The number of nitrogens with one attached hydrogen (secondary N) is 1. The van der Waals surface area contributed by atoms with Crippen LogP contribution in [-0.2, 0) is 14.8 Å². The summed E-state index contributed by atoms with van der Waals surface area (Å²) in [6.45, 7) is 5.82. The lowest BCUT2D eigenvalue weighted by atomic mass is 10.1. The maximum atomic E-state index is 13.6. The standard InChI is InChI=1S/C32H25N3O4S2/c1-22-10-16-28(17-11-22)41(38,39)34-31(36)29(19-24-7-4-3-5-8-24)35-23(2)40-30(32(35)37)20-25-12-14-26(15-13-25)27-9-6-18-33-21-27/h3-21H,2H2,1H3,(H,34,36)/b29-19+,30-20-. The molecule has 0 fully saturated rings. The molecule has 5 aromatic rings. The van der Waals surface area contributed by atoms with Crippen molar-refractivity contribution in [2.45, 2.75) is 11.8 Å². The number of aryl methyl sites for hydroxylation is 1. The smallest absolute Gasteiger partial charge is 0.267 e. The summed E-state index contributed by atoms with van der Waals surface area (Å²) in [6.07, 6.45) is 6.67. The molecule has 0 saturated heterocycles. The van der Waals surface area contributed by atoms with Crippen molar-refractivity contribution in [3.63, 3.8) is 0 Å². The highest BCUT2D eigenvalue weighted by Crippen LogP contribution is 2.19. The first-order valence-corrected chi connectivity index (χ1v) is 14.9. The van der Waals surface area contributed by atoms with Gasteiger partial charge in [0.25, 0.3) is 21.5 Å². The Balaban J connectivity index is 1.55. The molecule has 1 amide bonds. The fraction of sp³-hybridized carbons (Fsp3) is 0.0312. The van der Waals surface area contributed by atoms with Crippen LogP contribution in [0, 0.1) is 6.92 Å². The number of sulfonamides is 1. The first kappa shape index (κ1) is 27.7. The molecule has 0 saturated carbocycles. The molecule has 2 aromatic heterocycles. The third kappa shape index (κ3) is 6.32. The third-order valence-electron chi connectivity index (χ3n) is 6.23. The maximum absolute atomic E-state index is 13.6. The van der Waals surface area contributed by atoms with Crippen LogP contribution in [0.2, 0.25) is 0 Å². The van der Waals surface area contributed by atoms with E-state index in [9.17, 15) is 18.0 Å². The molecule has 0 spiro atoms. The molecule has 0 atom stereocenters. The Bertz CT molecular complexity index is 2010. The van der Waals surface area contributed by atoms with E-state index in [1.807, 2.05) is 49.4 Å². The van der Waals surface area contributed by atoms with E-state index in [2.05, 4.69) is 16.3 Å². The van der Waals surface area contributed by atoms with E-state index < -0.39 is 21.5 Å². The fourth-order valence-corrected chi connectivity index (χ4v) is 5.98. The molecule has 0 aliphatic carbocycles. The molecule has 0 aliphatic rings. The zero-order valence-electron chi connectivity index (χ0n) is 22.0. The summed E-state index contributed by atoms with van der Waals surface area (Å²) >= 11 is 1.11. The lowest BCUT2D eigenvalue weighted by Gasteiger charge is -2.11. The molecule has 0 radical (unpaired) electrons. The minimum Gasteiger partial charge on any atom is -0.267 e. The predicted octanol–water partition coefficient (Wildman–Crippen LogP) is 4.02. The Kier molecular flexibility index (Phi) is 7.91. The van der Waals surface area contributed by atoms with Gasteiger partial charge in [-0.05, 0) is 59.5 Å². The third-order valence-corrected chi connectivity index (χ3v) is 8.51. The molecule has 41 heavy (non-hydrogen) atoms. The van der Waals surface area contributed by atoms with E-state index in [1.165, 1.54) is 18.2 Å². The summed E-state index contributed by atoms with van der Waals surface area (Å²) in [5.74, 6) is -0.952. The highest BCUT2D eigenvalue weighted by atomic mass is 32.2. The van der Waals surface area contributed by atoms with Gasteiger partial charge in [-0.25, -0.2) is 13.1 Å². The fourth-order valence-electron chi connectivity index (χ4n) is 4.12. The van der Waals surface area contributed by atoms with Crippen LogP contribution in [0.4, 0.5) is 0 Å². The van der Waals surface area contributed by atoms with Gasteiger partial charge in [0, 0.05) is 12.4 Å². The normalized spacial score (nSPS) is 12.3. The minimum atomic E-state index is -4.20. The van der Waals surface area contributed by atoms with Crippen molar-refractivity contribution >= 4 is 51.7 Å². The number of rotatable bonds is 7. The lowest BCUT2D eigenvalue weighted by Crippen LogP contribution is -2.39. The summed E-state index contributed by atoms with van der Waals surface area (Å²) in [4.78, 5) is 31.2. The molecule has 5 rings (SSSR count). The van der Waals surface area contributed by atoms with Crippen LogP contribution in [0.5, 0.6) is 0 Å². The van der Waals surface area contributed by atoms with Gasteiger partial charge < -0.3 is 0 Å². The number of carbonyl (C=O) groups excluding carboxylic acids is 1. The Hall–Kier alpha value is -4.86. The van der Waals surface area contributed by atoms with Crippen LogP contribution in [-0.4, -0.2) is 23.9 Å². The van der Waals surface area contributed by atoms with Gasteiger partial charge in [-0.2, -0.15) is 0 Å². The molecule has 1 N–H and O–H groups in total. The summed E-state index contributed by atoms with van der Waals surface area (Å²) in [5, 5.41) is 0. The van der Waals surface area contributed by atoms with Crippen LogP contribution in [0.3, 0.4) is 0 Å². The van der Waals surface area contributed by atoms with Crippen molar-refractivity contribution in [3.8, 4) is 11.1 Å². The van der Waals surface area contributed by atoms with Gasteiger partial charge in [-0.15, -0.1) is 11.3 Å². The van der Waals surface area contributed by atoms with Crippen LogP contribution < -0.4 is 19.5 Å². The maximum Gasteiger partial charge on any atom is 0.282 e. The minimum absolute atomic E-state index is 0.0632. The van der Waals surface area contributed by atoms with Gasteiger partial charge in [-0.3, -0.25) is 19.1 Å². The van der Waals surface area contributed by atoms with Gasteiger partial charge in [-0.1, -0.05) is 84.9 Å². The number of amides is 1. The summed E-state index contributed by atoms with van der Waals surface area (Å²) in [5.41, 5.74) is 3.58. The molecule has 3 aromatic carbocycles. The van der Waals surface area contributed by atoms with Crippen LogP contribution >= 0.6 is 11.3 Å². The number of carbonyl (C=O) groups is 1. The molecule has 2 heterocycles. The molecule has 0 unspecified atom stereocenters. The molecular formula is C32H25N3O4S2. The largest absolute Gasteiger partial charge is 0.282 e. The first-order valence-electron chi connectivity index (χ1n) is 12.6. The average Bonchev–Trinajstić information content (AvgIpc) is 3.25. The number of aromatic nitrogens is 2. The van der Waals surface area contributed by atoms with E-state index in [1.54, 1.807) is 54.9 Å². The molecule has 9 heteroatoms. The lowest BCUT2D eigenvalue weighted by molar-refractivity contribution is -0.114. The zero-order chi connectivity index (χ0) is 29.0. The number of nitrogens with zero attached hydrogens (tertiary/aromatic N) is 2. The van der Waals surface area contributed by atoms with Gasteiger partial charge in [0.15, 0.2) is 0 Å². The van der Waals surface area contributed by atoms with Crippen molar-refractivity contribution in [3.05, 3.63) is 140 Å². The Morgan fingerprint density at radius 1 is 0.902 bits per heavy atom. The summed E-state index contributed by atoms with van der Waals surface area (Å²) < 4.78 is 29.9. The van der Waals surface area contributed by atoms with Crippen LogP contribution in [0.15, 0.2) is 113 Å². The number of thiazole rings is 1. The zero-order valence-corrected chi connectivity index (χ0v) is 23.7. The van der Waals surface area contributed by atoms with Crippen molar-refractivity contribution < 1.29 is 13.2 Å². The second kappa shape index (κ2) is 11.7. The Labute approximate surface area is 241 Å².